The van der Waals surface area contributed by atoms with Crippen LogP contribution in [-0.2, 0) is 28.5 Å². The van der Waals surface area contributed by atoms with Gasteiger partial charge in [-0.05, 0) is 99.7 Å². The van der Waals surface area contributed by atoms with E-state index in [-0.39, 0.29) is 64.1 Å². The molecule has 4 saturated carbocycles. The summed E-state index contributed by atoms with van der Waals surface area (Å²) in [6.07, 6.45) is 3.67. The third-order valence-corrected chi connectivity index (χ3v) is 13.1. The molecular formula is C32H50O8. The Labute approximate surface area is 238 Å². The lowest BCUT2D eigenvalue weighted by Crippen LogP contribution is -2.63. The van der Waals surface area contributed by atoms with Gasteiger partial charge in [-0.2, -0.15) is 0 Å². The first-order valence-corrected chi connectivity index (χ1v) is 15.6. The number of esters is 2. The van der Waals surface area contributed by atoms with Crippen LogP contribution in [0.5, 0.6) is 0 Å². The van der Waals surface area contributed by atoms with E-state index in [0.29, 0.717) is 31.6 Å². The van der Waals surface area contributed by atoms with E-state index < -0.39 is 29.7 Å². The molecule has 2 heterocycles. The maximum atomic E-state index is 12.3. The van der Waals surface area contributed by atoms with Gasteiger partial charge in [0.1, 0.15) is 17.8 Å². The number of carbonyl (C=O) groups excluding carboxylic acids is 2. The van der Waals surface area contributed by atoms with Gasteiger partial charge in [0.2, 0.25) is 0 Å². The second kappa shape index (κ2) is 8.90. The highest BCUT2D eigenvalue weighted by Gasteiger charge is 2.77. The first-order valence-electron chi connectivity index (χ1n) is 15.6. The fourth-order valence-electron chi connectivity index (χ4n) is 11.3. The van der Waals surface area contributed by atoms with Gasteiger partial charge in [-0.15, -0.1) is 0 Å². The van der Waals surface area contributed by atoms with Crippen molar-refractivity contribution in [2.45, 2.75) is 142 Å². The number of aliphatic hydroxyl groups excluding tert-OH is 1. The highest BCUT2D eigenvalue weighted by Crippen LogP contribution is 2.73. The average molecular weight is 563 g/mol. The van der Waals surface area contributed by atoms with Gasteiger partial charge in [-0.25, -0.2) is 0 Å². The third kappa shape index (κ3) is 3.84. The summed E-state index contributed by atoms with van der Waals surface area (Å²) >= 11 is 0. The summed E-state index contributed by atoms with van der Waals surface area (Å²) in [6.45, 7) is 15.6. The molecule has 0 bridgehead atoms. The maximum Gasteiger partial charge on any atom is 0.303 e. The molecular weight excluding hydrogens is 512 g/mol. The molecule has 0 aromatic heterocycles. The van der Waals surface area contributed by atoms with E-state index in [4.69, 9.17) is 18.9 Å². The van der Waals surface area contributed by atoms with Crippen LogP contribution in [0.3, 0.4) is 0 Å². The van der Waals surface area contributed by atoms with Crippen molar-refractivity contribution in [1.82, 2.24) is 0 Å². The van der Waals surface area contributed by atoms with Crippen molar-refractivity contribution in [3.63, 3.8) is 0 Å². The molecule has 6 fully saturated rings. The van der Waals surface area contributed by atoms with E-state index in [2.05, 4.69) is 34.6 Å². The topological polar surface area (TPSA) is 112 Å². The zero-order valence-corrected chi connectivity index (χ0v) is 25.6. The SMILES string of the molecule is CC(=O)O[C@H]1C[C@@H]2CC[C@@H]3[C@H]([C@@H](O)C[C@@]4(C)[C@H]3C[C@@H]3O[C@]5(C[C@H](C)C(C)(C)O5)[C@](C)(O)[C@@H]34)[C@@]2(C)C[C@H]1OC(C)=O. The van der Waals surface area contributed by atoms with Crippen molar-refractivity contribution in [2.24, 2.45) is 46.3 Å². The summed E-state index contributed by atoms with van der Waals surface area (Å²) < 4.78 is 24.8. The lowest BCUT2D eigenvalue weighted by Gasteiger charge is -2.63. The molecule has 2 saturated heterocycles. The largest absolute Gasteiger partial charge is 0.459 e. The van der Waals surface area contributed by atoms with Gasteiger partial charge in [0.05, 0.1) is 17.8 Å². The zero-order valence-electron chi connectivity index (χ0n) is 25.6. The van der Waals surface area contributed by atoms with E-state index in [9.17, 15) is 19.8 Å². The summed E-state index contributed by atoms with van der Waals surface area (Å²) in [5, 5.41) is 24.3. The maximum absolute atomic E-state index is 12.3. The minimum Gasteiger partial charge on any atom is -0.459 e. The molecule has 40 heavy (non-hydrogen) atoms. The van der Waals surface area contributed by atoms with E-state index in [1.54, 1.807) is 0 Å². The van der Waals surface area contributed by atoms with Crippen LogP contribution >= 0.6 is 0 Å². The summed E-state index contributed by atoms with van der Waals surface area (Å²) in [4.78, 5) is 23.9. The average Bonchev–Trinajstić information content (AvgIpc) is 3.30. The van der Waals surface area contributed by atoms with Crippen LogP contribution in [-0.4, -0.2) is 63.6 Å². The lowest BCUT2D eigenvalue weighted by molar-refractivity contribution is -0.300. The monoisotopic (exact) mass is 562 g/mol. The normalized spacial score (nSPS) is 56.1. The Morgan fingerprint density at radius 2 is 1.52 bits per heavy atom. The molecule has 0 aromatic carbocycles. The Bertz CT molecular complexity index is 1070. The quantitative estimate of drug-likeness (QED) is 0.477. The fraction of sp³-hybridized carbons (Fsp3) is 0.938. The molecule has 0 radical (unpaired) electrons. The van der Waals surface area contributed by atoms with Crippen LogP contribution in [0.2, 0.25) is 0 Å². The van der Waals surface area contributed by atoms with E-state index in [1.807, 2.05) is 6.92 Å². The highest BCUT2D eigenvalue weighted by molar-refractivity contribution is 5.67. The Hall–Kier alpha value is -1.22. The first-order chi connectivity index (χ1) is 18.4. The summed E-state index contributed by atoms with van der Waals surface area (Å²) in [6, 6.07) is 0. The smallest absolute Gasteiger partial charge is 0.303 e. The van der Waals surface area contributed by atoms with Gasteiger partial charge in [0.15, 0.2) is 5.79 Å². The van der Waals surface area contributed by atoms with Gasteiger partial charge in [-0.1, -0.05) is 20.8 Å². The summed E-state index contributed by atoms with van der Waals surface area (Å²) in [7, 11) is 0. The highest BCUT2D eigenvalue weighted by atomic mass is 16.7. The molecule has 226 valence electrons. The number of hydrogen-bond donors (Lipinski definition) is 2. The van der Waals surface area contributed by atoms with Gasteiger partial charge >= 0.3 is 11.9 Å². The number of rotatable bonds is 2. The Kier molecular flexibility index (Phi) is 6.43. The summed E-state index contributed by atoms with van der Waals surface area (Å²) in [5.41, 5.74) is -2.09. The van der Waals surface area contributed by atoms with Crippen LogP contribution in [0.4, 0.5) is 0 Å². The van der Waals surface area contributed by atoms with Crippen molar-refractivity contribution in [1.29, 1.82) is 0 Å². The predicted octanol–water partition coefficient (Wildman–Crippen LogP) is 4.38. The standard InChI is InChI=1S/C32H50O8/c1-16-13-32(40-28(16,4)5)31(8,36)27-24(39-32)12-21-20-10-9-19-11-23(37-17(2)33)25(38-18(3)34)15-29(19,6)26(20)22(35)14-30(21,27)7/h16,19-27,35-36H,9-15H2,1-8H3/t16-,19-,20-,21-,22-,23-,24-,25+,26+,27-,29-,30-,31+,32-/m0/s1. The van der Waals surface area contributed by atoms with Crippen LogP contribution in [0.1, 0.15) is 100 Å². The van der Waals surface area contributed by atoms with Crippen LogP contribution < -0.4 is 0 Å². The molecule has 6 rings (SSSR count). The third-order valence-electron chi connectivity index (χ3n) is 13.1. The first kappa shape index (κ1) is 28.9. The fourth-order valence-corrected chi connectivity index (χ4v) is 11.3. The van der Waals surface area contributed by atoms with Crippen LogP contribution in [0.15, 0.2) is 0 Å². The van der Waals surface area contributed by atoms with E-state index in [0.717, 1.165) is 19.3 Å². The van der Waals surface area contributed by atoms with Crippen LogP contribution in [0, 0.1) is 46.3 Å². The molecule has 2 N–H and O–H groups in total. The van der Waals surface area contributed by atoms with Crippen molar-refractivity contribution in [2.75, 3.05) is 0 Å². The second-order valence-corrected chi connectivity index (χ2v) is 15.7. The number of aliphatic hydroxyl groups is 2. The van der Waals surface area contributed by atoms with Crippen molar-refractivity contribution in [3.8, 4) is 0 Å². The summed E-state index contributed by atoms with van der Waals surface area (Å²) in [5.74, 6) is -0.733. The molecule has 0 unspecified atom stereocenters. The second-order valence-electron chi connectivity index (χ2n) is 15.7. The predicted molar refractivity (Wildman–Crippen MR) is 146 cm³/mol. The number of hydrogen-bond acceptors (Lipinski definition) is 8. The molecule has 8 heteroatoms. The molecule has 6 aliphatic rings. The number of carbonyl (C=O) groups is 2. The number of ether oxygens (including phenoxy) is 4. The molecule has 0 amide bonds. The minimum absolute atomic E-state index is 0.0417. The molecule has 0 aromatic rings. The molecule has 8 nitrogen and oxygen atoms in total. The Balaban J connectivity index is 1.30. The van der Waals surface area contributed by atoms with E-state index in [1.165, 1.54) is 13.8 Å². The molecule has 4 aliphatic carbocycles. The van der Waals surface area contributed by atoms with Crippen LogP contribution in [0.25, 0.3) is 0 Å². The molecule has 2 aliphatic heterocycles. The van der Waals surface area contributed by atoms with Gasteiger partial charge in [-0.3, -0.25) is 9.59 Å². The van der Waals surface area contributed by atoms with Gasteiger partial charge < -0.3 is 29.2 Å². The molecule has 1 spiro atoms. The van der Waals surface area contributed by atoms with Gasteiger partial charge in [0, 0.05) is 26.2 Å². The van der Waals surface area contributed by atoms with Crippen molar-refractivity contribution >= 4 is 11.9 Å². The van der Waals surface area contributed by atoms with Crippen molar-refractivity contribution in [3.05, 3.63) is 0 Å². The minimum atomic E-state index is -1.17. The van der Waals surface area contributed by atoms with Gasteiger partial charge in [0.25, 0.3) is 0 Å². The van der Waals surface area contributed by atoms with E-state index >= 15 is 0 Å². The van der Waals surface area contributed by atoms with Crippen molar-refractivity contribution < 1.29 is 38.7 Å². The molecule has 14 atom stereocenters. The zero-order chi connectivity index (χ0) is 29.2. The Morgan fingerprint density at radius 3 is 2.12 bits per heavy atom. The lowest BCUT2D eigenvalue weighted by atomic mass is 9.43. The number of fused-ring (bicyclic) bond motifs is 7. The Morgan fingerprint density at radius 1 is 0.875 bits per heavy atom.